The van der Waals surface area contributed by atoms with E-state index in [1.807, 2.05) is 13.8 Å². The molecule has 0 atom stereocenters. The molecule has 0 rings (SSSR count). The summed E-state index contributed by atoms with van der Waals surface area (Å²) in [7, 11) is 2.89. The van der Waals surface area contributed by atoms with Crippen LogP contribution < -0.4 is 0 Å². The van der Waals surface area contributed by atoms with Crippen LogP contribution in [0.5, 0.6) is 0 Å². The Morgan fingerprint density at radius 3 is 1.33 bits per heavy atom. The van der Waals surface area contributed by atoms with Crippen molar-refractivity contribution in [2.75, 3.05) is 27.4 Å². The van der Waals surface area contributed by atoms with E-state index in [1.54, 1.807) is 0 Å². The van der Waals surface area contributed by atoms with E-state index in [2.05, 4.69) is 0 Å². The van der Waals surface area contributed by atoms with Gasteiger partial charge in [-0.2, -0.15) is 0 Å². The van der Waals surface area contributed by atoms with Crippen molar-refractivity contribution in [1.29, 1.82) is 0 Å². The van der Waals surface area contributed by atoms with Crippen molar-refractivity contribution < 1.29 is 19.4 Å². The van der Waals surface area contributed by atoms with Gasteiger partial charge in [-0.25, -0.2) is 0 Å². The van der Waals surface area contributed by atoms with Gasteiger partial charge in [-0.1, -0.05) is 0 Å². The first kappa shape index (κ1) is 11.8. The molecule has 0 radical (unpaired) electrons. The molecular formula is C6H16N2O4. The van der Waals surface area contributed by atoms with Crippen LogP contribution in [0.15, 0.2) is 0 Å². The minimum absolute atomic E-state index is 0.459. The molecule has 0 spiro atoms. The molecule has 0 aliphatic rings. The van der Waals surface area contributed by atoms with Gasteiger partial charge in [-0.15, -0.1) is 0 Å². The second kappa shape index (κ2) is 7.41. The first-order valence-electron chi connectivity index (χ1n) is 3.74. The summed E-state index contributed by atoms with van der Waals surface area (Å²) in [6.45, 7) is 4.57. The van der Waals surface area contributed by atoms with Crippen LogP contribution >= 0.6 is 0 Å². The molecule has 12 heavy (non-hydrogen) atoms. The molecule has 0 aromatic heterocycles. The zero-order valence-electron chi connectivity index (χ0n) is 7.94. The van der Waals surface area contributed by atoms with Crippen LogP contribution in [-0.4, -0.2) is 38.1 Å². The Morgan fingerprint density at radius 1 is 0.833 bits per heavy atom. The largest absolute Gasteiger partial charge is 0.260 e. The van der Waals surface area contributed by atoms with Crippen LogP contribution in [0.4, 0.5) is 0 Å². The van der Waals surface area contributed by atoms with Gasteiger partial charge < -0.3 is 0 Å². The monoisotopic (exact) mass is 180 g/mol. The molecule has 0 aliphatic heterocycles. The smallest absolute Gasteiger partial charge is 0.0700 e. The molecule has 0 fully saturated rings. The summed E-state index contributed by atoms with van der Waals surface area (Å²) in [6.07, 6.45) is 0. The predicted octanol–water partition coefficient (Wildman–Crippen LogP) is 0.531. The van der Waals surface area contributed by atoms with Gasteiger partial charge in [-0.3, -0.25) is 19.4 Å². The molecule has 0 aromatic carbocycles. The van der Waals surface area contributed by atoms with Crippen LogP contribution in [0.25, 0.3) is 0 Å². The van der Waals surface area contributed by atoms with Crippen molar-refractivity contribution in [3.8, 4) is 0 Å². The Balaban J connectivity index is 3.84. The molecule has 0 saturated carbocycles. The van der Waals surface area contributed by atoms with E-state index in [9.17, 15) is 0 Å². The number of nitrogens with zero attached hydrogens (tertiary/aromatic N) is 2. The summed E-state index contributed by atoms with van der Waals surface area (Å²) >= 11 is 0. The molecule has 0 aliphatic carbocycles. The molecule has 0 unspecified atom stereocenters. The summed E-state index contributed by atoms with van der Waals surface area (Å²) in [5, 5.41) is 2.01. The van der Waals surface area contributed by atoms with Gasteiger partial charge in [0.25, 0.3) is 0 Å². The highest BCUT2D eigenvalue weighted by Crippen LogP contribution is 2.00. The molecule has 0 heterocycles. The molecule has 74 valence electrons. The third kappa shape index (κ3) is 3.96. The van der Waals surface area contributed by atoms with Crippen LogP contribution in [-0.2, 0) is 19.4 Å². The summed E-state index contributed by atoms with van der Waals surface area (Å²) in [5.74, 6) is 0. The van der Waals surface area contributed by atoms with E-state index in [0.717, 1.165) is 10.7 Å². The highest BCUT2D eigenvalue weighted by Gasteiger charge is 2.15. The van der Waals surface area contributed by atoms with E-state index in [-0.39, 0.29) is 0 Å². The zero-order chi connectivity index (χ0) is 9.40. The molecule has 0 bridgehead atoms. The topological polar surface area (TPSA) is 43.4 Å². The Kier molecular flexibility index (Phi) is 7.26. The molecule has 0 N–H and O–H groups in total. The second-order valence-electron chi connectivity index (χ2n) is 1.68. The summed E-state index contributed by atoms with van der Waals surface area (Å²) in [5.41, 5.74) is 0. The Hall–Kier alpha value is -0.240. The van der Waals surface area contributed by atoms with E-state index in [0.29, 0.717) is 13.2 Å². The van der Waals surface area contributed by atoms with E-state index in [1.165, 1.54) is 14.2 Å². The maximum Gasteiger partial charge on any atom is 0.0700 e. The van der Waals surface area contributed by atoms with Crippen molar-refractivity contribution in [3.63, 3.8) is 0 Å². The first-order chi connectivity index (χ1) is 5.79. The molecule has 0 amide bonds. The van der Waals surface area contributed by atoms with Crippen LogP contribution in [0.2, 0.25) is 0 Å². The van der Waals surface area contributed by atoms with Gasteiger partial charge in [-0.05, 0) is 13.8 Å². The molecule has 6 heteroatoms. The van der Waals surface area contributed by atoms with Gasteiger partial charge in [0.2, 0.25) is 0 Å². The number of rotatable bonds is 7. The minimum atomic E-state index is 0.459. The fourth-order valence-electron chi connectivity index (χ4n) is 0.554. The molecule has 0 saturated heterocycles. The van der Waals surface area contributed by atoms with Crippen LogP contribution in [0, 0.1) is 0 Å². The second-order valence-corrected chi connectivity index (χ2v) is 1.68. The van der Waals surface area contributed by atoms with Crippen LogP contribution in [0.1, 0.15) is 13.8 Å². The SMILES string of the molecule is CCON(OC)N(OC)OCC. The fourth-order valence-corrected chi connectivity index (χ4v) is 0.554. The third-order valence-corrected chi connectivity index (χ3v) is 0.925. The summed E-state index contributed by atoms with van der Waals surface area (Å²) in [6, 6.07) is 0. The van der Waals surface area contributed by atoms with E-state index in [4.69, 9.17) is 19.4 Å². The average Bonchev–Trinajstić information content (AvgIpc) is 2.11. The lowest BCUT2D eigenvalue weighted by Crippen LogP contribution is -2.41. The standard InChI is InChI=1S/C6H16N2O4/c1-5-11-7(9-3)8(10-4)12-6-2/h5-6H2,1-4H3. The normalized spacial score (nSPS) is 11.5. The van der Waals surface area contributed by atoms with Gasteiger partial charge in [0.15, 0.2) is 0 Å². The lowest BCUT2D eigenvalue weighted by molar-refractivity contribution is -0.608. The first-order valence-corrected chi connectivity index (χ1v) is 3.74. The van der Waals surface area contributed by atoms with Crippen molar-refractivity contribution in [2.45, 2.75) is 13.8 Å². The maximum absolute atomic E-state index is 4.98. The number of hydrazine groups is 1. The highest BCUT2D eigenvalue weighted by atomic mass is 17.1. The van der Waals surface area contributed by atoms with Gasteiger partial charge >= 0.3 is 0 Å². The Morgan fingerprint density at radius 2 is 1.17 bits per heavy atom. The van der Waals surface area contributed by atoms with E-state index >= 15 is 0 Å². The summed E-state index contributed by atoms with van der Waals surface area (Å²) in [4.78, 5) is 19.5. The predicted molar refractivity (Wildman–Crippen MR) is 40.9 cm³/mol. The molecule has 6 nitrogen and oxygen atoms in total. The van der Waals surface area contributed by atoms with Crippen molar-refractivity contribution in [2.24, 2.45) is 0 Å². The van der Waals surface area contributed by atoms with Crippen molar-refractivity contribution >= 4 is 0 Å². The maximum atomic E-state index is 4.98. The van der Waals surface area contributed by atoms with Gasteiger partial charge in [0, 0.05) is 0 Å². The molecular weight excluding hydrogens is 164 g/mol. The van der Waals surface area contributed by atoms with Gasteiger partial charge in [0.05, 0.1) is 38.1 Å². The lowest BCUT2D eigenvalue weighted by Gasteiger charge is -2.26. The van der Waals surface area contributed by atoms with Gasteiger partial charge in [0.1, 0.15) is 0 Å². The molecule has 0 aromatic rings. The van der Waals surface area contributed by atoms with Crippen LogP contribution in [0.3, 0.4) is 0 Å². The average molecular weight is 180 g/mol. The summed E-state index contributed by atoms with van der Waals surface area (Å²) < 4.78 is 0. The third-order valence-electron chi connectivity index (χ3n) is 0.925. The van der Waals surface area contributed by atoms with E-state index < -0.39 is 0 Å². The quantitative estimate of drug-likeness (QED) is 0.532. The fraction of sp³-hybridized carbons (Fsp3) is 1.00. The van der Waals surface area contributed by atoms with Crippen molar-refractivity contribution in [3.05, 3.63) is 0 Å². The highest BCUT2D eigenvalue weighted by molar-refractivity contribution is 4.04. The number of hydrogen-bond acceptors (Lipinski definition) is 6. The van der Waals surface area contributed by atoms with Crippen molar-refractivity contribution in [1.82, 2.24) is 10.7 Å². The minimum Gasteiger partial charge on any atom is -0.260 e. The Bertz CT molecular complexity index is 91.5. The number of hydrogen-bond donors (Lipinski definition) is 0. The zero-order valence-corrected chi connectivity index (χ0v) is 7.94. The Labute approximate surface area is 72.3 Å². The lowest BCUT2D eigenvalue weighted by atomic mass is 10.9.